The van der Waals surface area contributed by atoms with Gasteiger partial charge in [0, 0.05) is 31.2 Å². The molecule has 2 heterocycles. The van der Waals surface area contributed by atoms with E-state index in [1.807, 2.05) is 26.0 Å². The molecule has 1 saturated heterocycles. The summed E-state index contributed by atoms with van der Waals surface area (Å²) in [6, 6.07) is 10.7. The third-order valence-electron chi connectivity index (χ3n) is 5.20. The van der Waals surface area contributed by atoms with E-state index in [1.165, 1.54) is 0 Å². The van der Waals surface area contributed by atoms with Crippen molar-refractivity contribution in [3.63, 3.8) is 0 Å². The number of halogens is 1. The highest BCUT2D eigenvalue weighted by atomic mass is 35.5. The molecule has 3 aromatic rings. The number of fused-ring (bicyclic) bond motifs is 1. The van der Waals surface area contributed by atoms with E-state index in [0.29, 0.717) is 54.1 Å². The summed E-state index contributed by atoms with van der Waals surface area (Å²) in [7, 11) is -3.47. The highest BCUT2D eigenvalue weighted by molar-refractivity contribution is 7.89. The molecule has 0 N–H and O–H groups in total. The molecule has 2 aromatic carbocycles. The average Bonchev–Trinajstić information content (AvgIpc) is 3.05. The van der Waals surface area contributed by atoms with Crippen molar-refractivity contribution in [3.8, 4) is 0 Å². The second-order valence-electron chi connectivity index (χ2n) is 7.15. The van der Waals surface area contributed by atoms with Crippen LogP contribution in [0.3, 0.4) is 0 Å². The second kappa shape index (κ2) is 7.48. The van der Waals surface area contributed by atoms with Crippen molar-refractivity contribution >= 4 is 32.7 Å². The third kappa shape index (κ3) is 3.80. The smallest absolute Gasteiger partial charge is 0.243 e. The lowest BCUT2D eigenvalue weighted by Crippen LogP contribution is -2.48. The third-order valence-corrected chi connectivity index (χ3v) is 7.33. The first kappa shape index (κ1) is 19.4. The van der Waals surface area contributed by atoms with E-state index in [1.54, 1.807) is 28.6 Å². The number of aromatic nitrogens is 1. The summed E-state index contributed by atoms with van der Waals surface area (Å²) in [5.41, 5.74) is 3.51. The Labute approximate surface area is 169 Å². The molecule has 0 aliphatic carbocycles. The predicted octanol–water partition coefficient (Wildman–Crippen LogP) is 3.60. The summed E-state index contributed by atoms with van der Waals surface area (Å²) < 4.78 is 33.2. The zero-order valence-electron chi connectivity index (χ0n) is 15.9. The molecule has 0 bridgehead atoms. The Morgan fingerprint density at radius 1 is 1.04 bits per heavy atom. The van der Waals surface area contributed by atoms with Crippen molar-refractivity contribution in [3.05, 3.63) is 58.4 Å². The van der Waals surface area contributed by atoms with Gasteiger partial charge in [0.2, 0.25) is 15.9 Å². The van der Waals surface area contributed by atoms with E-state index in [0.717, 1.165) is 16.6 Å². The van der Waals surface area contributed by atoms with E-state index in [2.05, 4.69) is 9.88 Å². The summed E-state index contributed by atoms with van der Waals surface area (Å²) in [5, 5.41) is 0.623. The molecule has 0 unspecified atom stereocenters. The maximum atomic E-state index is 12.9. The van der Waals surface area contributed by atoms with Crippen LogP contribution in [0.5, 0.6) is 0 Å². The van der Waals surface area contributed by atoms with Crippen molar-refractivity contribution < 1.29 is 12.8 Å². The van der Waals surface area contributed by atoms with Crippen LogP contribution >= 0.6 is 11.6 Å². The minimum Gasteiger partial charge on any atom is -0.439 e. The normalized spacial score (nSPS) is 16.7. The lowest BCUT2D eigenvalue weighted by atomic mass is 10.1. The molecule has 1 fully saturated rings. The largest absolute Gasteiger partial charge is 0.439 e. The monoisotopic (exact) mass is 419 g/mol. The SMILES string of the molecule is Cc1ccc(S(=O)(=O)N2CCN(Cc3nc4cc(Cl)ccc4o3)CC2)cc1C. The van der Waals surface area contributed by atoms with Gasteiger partial charge in [0.1, 0.15) is 5.52 Å². The Hall–Kier alpha value is -1.93. The van der Waals surface area contributed by atoms with Gasteiger partial charge in [-0.1, -0.05) is 17.7 Å². The van der Waals surface area contributed by atoms with Crippen LogP contribution in [0.1, 0.15) is 17.0 Å². The molecule has 1 aliphatic heterocycles. The van der Waals surface area contributed by atoms with E-state index in [9.17, 15) is 8.42 Å². The molecule has 28 heavy (non-hydrogen) atoms. The predicted molar refractivity (Wildman–Crippen MR) is 109 cm³/mol. The molecular formula is C20H22ClN3O3S. The Balaban J connectivity index is 1.42. The second-order valence-corrected chi connectivity index (χ2v) is 9.52. The Bertz CT molecular complexity index is 1120. The first-order valence-corrected chi connectivity index (χ1v) is 11.0. The highest BCUT2D eigenvalue weighted by Gasteiger charge is 2.29. The number of hydrogen-bond donors (Lipinski definition) is 0. The van der Waals surface area contributed by atoms with Crippen LogP contribution in [0, 0.1) is 13.8 Å². The van der Waals surface area contributed by atoms with Crippen LogP contribution in [0.15, 0.2) is 45.7 Å². The van der Waals surface area contributed by atoms with Crippen molar-refractivity contribution in [2.75, 3.05) is 26.2 Å². The van der Waals surface area contributed by atoms with Crippen molar-refractivity contribution in [2.45, 2.75) is 25.3 Å². The van der Waals surface area contributed by atoms with Crippen LogP contribution in [0.4, 0.5) is 0 Å². The molecular weight excluding hydrogens is 398 g/mol. The highest BCUT2D eigenvalue weighted by Crippen LogP contribution is 2.23. The number of aryl methyl sites for hydroxylation is 2. The quantitative estimate of drug-likeness (QED) is 0.646. The average molecular weight is 420 g/mol. The zero-order chi connectivity index (χ0) is 19.9. The number of sulfonamides is 1. The molecule has 4 rings (SSSR count). The van der Waals surface area contributed by atoms with E-state index < -0.39 is 10.0 Å². The topological polar surface area (TPSA) is 66.7 Å². The maximum Gasteiger partial charge on any atom is 0.243 e. The summed E-state index contributed by atoms with van der Waals surface area (Å²) >= 11 is 5.99. The fourth-order valence-electron chi connectivity index (χ4n) is 3.36. The van der Waals surface area contributed by atoms with E-state index >= 15 is 0 Å². The number of nitrogens with zero attached hydrogens (tertiary/aromatic N) is 3. The Kier molecular flexibility index (Phi) is 5.18. The molecule has 1 aliphatic rings. The first-order valence-electron chi connectivity index (χ1n) is 9.18. The van der Waals surface area contributed by atoms with Crippen LogP contribution in [0.25, 0.3) is 11.1 Å². The number of benzene rings is 2. The van der Waals surface area contributed by atoms with Gasteiger partial charge < -0.3 is 4.42 Å². The summed E-state index contributed by atoms with van der Waals surface area (Å²) in [4.78, 5) is 6.99. The van der Waals surface area contributed by atoms with Gasteiger partial charge in [0.05, 0.1) is 11.4 Å². The van der Waals surface area contributed by atoms with Crippen LogP contribution in [-0.4, -0.2) is 48.8 Å². The van der Waals surface area contributed by atoms with Gasteiger partial charge in [-0.15, -0.1) is 0 Å². The van der Waals surface area contributed by atoms with Gasteiger partial charge in [-0.2, -0.15) is 4.31 Å². The number of hydrogen-bond acceptors (Lipinski definition) is 5. The Morgan fingerprint density at radius 3 is 2.50 bits per heavy atom. The molecule has 6 nitrogen and oxygen atoms in total. The molecule has 0 amide bonds. The molecule has 0 atom stereocenters. The lowest BCUT2D eigenvalue weighted by molar-refractivity contribution is 0.169. The molecule has 0 saturated carbocycles. The lowest BCUT2D eigenvalue weighted by Gasteiger charge is -2.33. The van der Waals surface area contributed by atoms with Crippen molar-refractivity contribution in [2.24, 2.45) is 0 Å². The summed E-state index contributed by atoms with van der Waals surface area (Å²) in [6.07, 6.45) is 0. The standard InChI is InChI=1S/C20H22ClN3O3S/c1-14-3-5-17(11-15(14)2)28(25,26)24-9-7-23(8-10-24)13-20-22-18-12-16(21)4-6-19(18)27-20/h3-6,11-12H,7-10,13H2,1-2H3. The van der Waals surface area contributed by atoms with E-state index in [-0.39, 0.29) is 0 Å². The number of rotatable bonds is 4. The maximum absolute atomic E-state index is 12.9. The van der Waals surface area contributed by atoms with Gasteiger partial charge in [-0.05, 0) is 55.3 Å². The molecule has 148 valence electrons. The van der Waals surface area contributed by atoms with Gasteiger partial charge >= 0.3 is 0 Å². The van der Waals surface area contributed by atoms with Crippen LogP contribution in [0.2, 0.25) is 5.02 Å². The van der Waals surface area contributed by atoms with Crippen molar-refractivity contribution in [1.29, 1.82) is 0 Å². The molecule has 8 heteroatoms. The minimum atomic E-state index is -3.47. The summed E-state index contributed by atoms with van der Waals surface area (Å²) in [5.74, 6) is 0.614. The number of piperazine rings is 1. The molecule has 1 aromatic heterocycles. The number of oxazole rings is 1. The van der Waals surface area contributed by atoms with Gasteiger partial charge in [0.15, 0.2) is 5.58 Å². The molecule has 0 radical (unpaired) electrons. The fraction of sp³-hybridized carbons (Fsp3) is 0.350. The van der Waals surface area contributed by atoms with Gasteiger partial charge in [-0.3, -0.25) is 4.90 Å². The zero-order valence-corrected chi connectivity index (χ0v) is 17.4. The Morgan fingerprint density at radius 2 is 1.79 bits per heavy atom. The van der Waals surface area contributed by atoms with Crippen molar-refractivity contribution in [1.82, 2.24) is 14.2 Å². The first-order chi connectivity index (χ1) is 13.3. The fourth-order valence-corrected chi connectivity index (χ4v) is 5.03. The molecule has 0 spiro atoms. The van der Waals surface area contributed by atoms with Gasteiger partial charge in [-0.25, -0.2) is 13.4 Å². The summed E-state index contributed by atoms with van der Waals surface area (Å²) in [6.45, 7) is 6.60. The van der Waals surface area contributed by atoms with Crippen LogP contribution in [-0.2, 0) is 16.6 Å². The van der Waals surface area contributed by atoms with E-state index in [4.69, 9.17) is 16.0 Å². The van der Waals surface area contributed by atoms with Crippen LogP contribution < -0.4 is 0 Å². The minimum absolute atomic E-state index is 0.361. The van der Waals surface area contributed by atoms with Gasteiger partial charge in [0.25, 0.3) is 0 Å².